The van der Waals surface area contributed by atoms with Gasteiger partial charge in [0.2, 0.25) is 0 Å². The second-order valence-electron chi connectivity index (χ2n) is 4.87. The van der Waals surface area contributed by atoms with E-state index in [1.807, 2.05) is 24.3 Å². The predicted molar refractivity (Wildman–Crippen MR) is 75.6 cm³/mol. The van der Waals surface area contributed by atoms with E-state index >= 15 is 0 Å². The van der Waals surface area contributed by atoms with Gasteiger partial charge in [-0.1, -0.05) is 24.3 Å². The molecule has 4 nitrogen and oxygen atoms in total. The zero-order valence-corrected chi connectivity index (χ0v) is 11.2. The Morgan fingerprint density at radius 1 is 1.10 bits per heavy atom. The molecule has 0 atom stereocenters. The van der Waals surface area contributed by atoms with Crippen molar-refractivity contribution in [1.29, 1.82) is 0 Å². The molecule has 4 heteroatoms. The lowest BCUT2D eigenvalue weighted by Gasteiger charge is -2.27. The number of carbonyl (C=O) groups excluding carboxylic acids is 1. The molecule has 1 saturated heterocycles. The minimum atomic E-state index is 0.362. The fraction of sp³-hybridized carbons (Fsp3) is 0.312. The molecule has 1 aliphatic heterocycles. The molecule has 2 aromatic rings. The number of hydrogen-bond donors (Lipinski definition) is 0. The Balaban J connectivity index is 1.85. The van der Waals surface area contributed by atoms with Gasteiger partial charge < -0.3 is 9.15 Å². The summed E-state index contributed by atoms with van der Waals surface area (Å²) in [7, 11) is 0. The zero-order valence-electron chi connectivity index (χ0n) is 11.2. The van der Waals surface area contributed by atoms with E-state index in [-0.39, 0.29) is 0 Å². The van der Waals surface area contributed by atoms with Crippen LogP contribution in [-0.4, -0.2) is 37.5 Å². The second kappa shape index (κ2) is 6.03. The van der Waals surface area contributed by atoms with Crippen molar-refractivity contribution in [2.24, 2.45) is 0 Å². The van der Waals surface area contributed by atoms with Gasteiger partial charge in [0, 0.05) is 25.2 Å². The van der Waals surface area contributed by atoms with E-state index in [0.29, 0.717) is 5.76 Å². The lowest BCUT2D eigenvalue weighted by molar-refractivity contribution is 0.0342. The van der Waals surface area contributed by atoms with Crippen molar-refractivity contribution in [2.75, 3.05) is 26.3 Å². The van der Waals surface area contributed by atoms with Crippen LogP contribution in [0.15, 0.2) is 40.8 Å². The van der Waals surface area contributed by atoms with Crippen LogP contribution in [0.3, 0.4) is 0 Å². The number of hydrogen-bond acceptors (Lipinski definition) is 4. The number of rotatable bonds is 4. The van der Waals surface area contributed by atoms with E-state index in [1.165, 1.54) is 5.56 Å². The number of carbonyl (C=O) groups is 1. The van der Waals surface area contributed by atoms with Gasteiger partial charge >= 0.3 is 0 Å². The van der Waals surface area contributed by atoms with Crippen molar-refractivity contribution < 1.29 is 13.9 Å². The van der Waals surface area contributed by atoms with E-state index in [2.05, 4.69) is 11.0 Å². The molecule has 0 amide bonds. The first-order valence-corrected chi connectivity index (χ1v) is 6.80. The Labute approximate surface area is 118 Å². The molecule has 1 aromatic carbocycles. The van der Waals surface area contributed by atoms with Crippen molar-refractivity contribution in [3.05, 3.63) is 47.7 Å². The molecule has 20 heavy (non-hydrogen) atoms. The Kier molecular flexibility index (Phi) is 3.95. The van der Waals surface area contributed by atoms with Crippen LogP contribution in [0.25, 0.3) is 11.3 Å². The van der Waals surface area contributed by atoms with Crippen LogP contribution >= 0.6 is 0 Å². The molecule has 1 fully saturated rings. The zero-order chi connectivity index (χ0) is 13.8. The van der Waals surface area contributed by atoms with E-state index in [9.17, 15) is 4.79 Å². The minimum Gasteiger partial charge on any atom is -0.453 e. The Hall–Kier alpha value is -1.91. The molecule has 0 bridgehead atoms. The monoisotopic (exact) mass is 271 g/mol. The van der Waals surface area contributed by atoms with Gasteiger partial charge in [-0.05, 0) is 17.7 Å². The largest absolute Gasteiger partial charge is 0.453 e. The maximum atomic E-state index is 10.7. The number of ether oxygens (including phenoxy) is 1. The van der Waals surface area contributed by atoms with Gasteiger partial charge in [-0.3, -0.25) is 9.69 Å². The van der Waals surface area contributed by atoms with E-state index < -0.39 is 0 Å². The highest BCUT2D eigenvalue weighted by Crippen LogP contribution is 2.26. The van der Waals surface area contributed by atoms with Gasteiger partial charge in [-0.15, -0.1) is 0 Å². The summed E-state index contributed by atoms with van der Waals surface area (Å²) in [4.78, 5) is 13.1. The molecule has 104 valence electrons. The highest BCUT2D eigenvalue weighted by Gasteiger charge is 2.14. The molecular formula is C16H17NO3. The Morgan fingerprint density at radius 2 is 1.90 bits per heavy atom. The summed E-state index contributed by atoms with van der Waals surface area (Å²) in [6.45, 7) is 4.35. The summed E-state index contributed by atoms with van der Waals surface area (Å²) in [5.41, 5.74) is 2.26. The third-order valence-corrected chi connectivity index (χ3v) is 3.52. The standard InChI is InChI=1S/C16H17NO3/c18-12-14-5-6-16(20-14)15-4-2-1-3-13(15)11-17-7-9-19-10-8-17/h1-6,12H,7-11H2. The molecule has 0 N–H and O–H groups in total. The molecule has 0 spiro atoms. The van der Waals surface area contributed by atoms with E-state index in [1.54, 1.807) is 6.07 Å². The van der Waals surface area contributed by atoms with Crippen LogP contribution in [0.2, 0.25) is 0 Å². The SMILES string of the molecule is O=Cc1ccc(-c2ccccc2CN2CCOCC2)o1. The lowest BCUT2D eigenvalue weighted by Crippen LogP contribution is -2.35. The fourth-order valence-electron chi connectivity index (χ4n) is 2.46. The fourth-order valence-corrected chi connectivity index (χ4v) is 2.46. The number of benzene rings is 1. The van der Waals surface area contributed by atoms with Gasteiger partial charge in [0.1, 0.15) is 5.76 Å². The van der Waals surface area contributed by atoms with E-state index in [4.69, 9.17) is 9.15 Å². The highest BCUT2D eigenvalue weighted by atomic mass is 16.5. The third kappa shape index (κ3) is 2.81. The summed E-state index contributed by atoms with van der Waals surface area (Å²) in [5, 5.41) is 0. The first-order chi connectivity index (χ1) is 9.86. The normalized spacial score (nSPS) is 16.2. The Bertz CT molecular complexity index is 585. The van der Waals surface area contributed by atoms with Gasteiger partial charge in [-0.25, -0.2) is 0 Å². The Morgan fingerprint density at radius 3 is 2.65 bits per heavy atom. The molecule has 2 heterocycles. The van der Waals surface area contributed by atoms with Crippen molar-refractivity contribution >= 4 is 6.29 Å². The molecule has 0 unspecified atom stereocenters. The molecule has 1 aliphatic rings. The predicted octanol–water partition coefficient (Wildman–Crippen LogP) is 2.59. The summed E-state index contributed by atoms with van der Waals surface area (Å²) in [6, 6.07) is 11.7. The van der Waals surface area contributed by atoms with Crippen molar-refractivity contribution in [1.82, 2.24) is 4.90 Å². The lowest BCUT2D eigenvalue weighted by atomic mass is 10.0. The van der Waals surface area contributed by atoms with Gasteiger partial charge in [0.15, 0.2) is 12.0 Å². The molecule has 3 rings (SSSR count). The average molecular weight is 271 g/mol. The quantitative estimate of drug-likeness (QED) is 0.802. The van der Waals surface area contributed by atoms with Gasteiger partial charge in [-0.2, -0.15) is 0 Å². The number of aldehydes is 1. The van der Waals surface area contributed by atoms with Crippen LogP contribution in [0.1, 0.15) is 16.1 Å². The van der Waals surface area contributed by atoms with E-state index in [0.717, 1.165) is 50.5 Å². The van der Waals surface area contributed by atoms with Crippen LogP contribution < -0.4 is 0 Å². The summed E-state index contributed by atoms with van der Waals surface area (Å²) < 4.78 is 10.9. The maximum Gasteiger partial charge on any atom is 0.185 e. The molecular weight excluding hydrogens is 254 g/mol. The topological polar surface area (TPSA) is 42.7 Å². The third-order valence-electron chi connectivity index (χ3n) is 3.52. The van der Waals surface area contributed by atoms with Crippen LogP contribution in [0.5, 0.6) is 0 Å². The van der Waals surface area contributed by atoms with Crippen molar-refractivity contribution in [3.8, 4) is 11.3 Å². The second-order valence-corrected chi connectivity index (χ2v) is 4.87. The smallest absolute Gasteiger partial charge is 0.185 e. The average Bonchev–Trinajstić information content (AvgIpc) is 2.98. The molecule has 1 aromatic heterocycles. The van der Waals surface area contributed by atoms with Crippen LogP contribution in [0.4, 0.5) is 0 Å². The van der Waals surface area contributed by atoms with Crippen LogP contribution in [0, 0.1) is 0 Å². The number of nitrogens with zero attached hydrogens (tertiary/aromatic N) is 1. The first-order valence-electron chi connectivity index (χ1n) is 6.80. The summed E-state index contributed by atoms with van der Waals surface area (Å²) in [6.07, 6.45) is 0.730. The van der Waals surface area contributed by atoms with Gasteiger partial charge in [0.25, 0.3) is 0 Å². The number of morpholine rings is 1. The maximum absolute atomic E-state index is 10.7. The molecule has 0 aliphatic carbocycles. The molecule has 0 saturated carbocycles. The van der Waals surface area contributed by atoms with Crippen molar-refractivity contribution in [2.45, 2.75) is 6.54 Å². The van der Waals surface area contributed by atoms with Crippen LogP contribution in [-0.2, 0) is 11.3 Å². The van der Waals surface area contributed by atoms with Gasteiger partial charge in [0.05, 0.1) is 13.2 Å². The molecule has 0 radical (unpaired) electrons. The minimum absolute atomic E-state index is 0.362. The number of furan rings is 1. The summed E-state index contributed by atoms with van der Waals surface area (Å²) >= 11 is 0. The van der Waals surface area contributed by atoms with Crippen molar-refractivity contribution in [3.63, 3.8) is 0 Å². The first kappa shape index (κ1) is 13.1. The highest BCUT2D eigenvalue weighted by molar-refractivity contribution is 5.73. The summed E-state index contributed by atoms with van der Waals surface area (Å²) in [5.74, 6) is 1.11.